The van der Waals surface area contributed by atoms with Crippen molar-refractivity contribution < 1.29 is 14.3 Å². The first-order chi connectivity index (χ1) is 12.0. The van der Waals surface area contributed by atoms with E-state index in [9.17, 15) is 9.59 Å². The summed E-state index contributed by atoms with van der Waals surface area (Å²) in [6.45, 7) is 5.59. The molecule has 0 unspecified atom stereocenters. The van der Waals surface area contributed by atoms with Crippen LogP contribution in [0, 0.1) is 12.3 Å². The van der Waals surface area contributed by atoms with Crippen molar-refractivity contribution in [2.75, 3.05) is 39.9 Å². The van der Waals surface area contributed by atoms with E-state index in [2.05, 4.69) is 15.5 Å². The van der Waals surface area contributed by atoms with Gasteiger partial charge in [0.1, 0.15) is 12.4 Å². The number of amides is 2. The van der Waals surface area contributed by atoms with Crippen LogP contribution in [-0.4, -0.2) is 81.7 Å². The van der Waals surface area contributed by atoms with Gasteiger partial charge in [-0.25, -0.2) is 4.68 Å². The van der Waals surface area contributed by atoms with Gasteiger partial charge in [0.15, 0.2) is 0 Å². The summed E-state index contributed by atoms with van der Waals surface area (Å²) >= 11 is 0. The van der Waals surface area contributed by atoms with E-state index < -0.39 is 0 Å². The predicted molar refractivity (Wildman–Crippen MR) is 88.5 cm³/mol. The van der Waals surface area contributed by atoms with Crippen molar-refractivity contribution in [1.29, 1.82) is 0 Å². The molecule has 0 bridgehead atoms. The molecule has 138 valence electrons. The minimum absolute atomic E-state index is 0.0334. The largest absolute Gasteiger partial charge is 0.385 e. The SMILES string of the molecule is COCCCN1CC2(CCN(C(=O)Cn3nnnc3C)CC2)CC1=O. The summed E-state index contributed by atoms with van der Waals surface area (Å²) in [5.41, 5.74) is 0.0334. The highest BCUT2D eigenvalue weighted by molar-refractivity contribution is 5.80. The molecule has 0 aromatic carbocycles. The highest BCUT2D eigenvalue weighted by Crippen LogP contribution is 2.41. The Morgan fingerprint density at radius 1 is 1.32 bits per heavy atom. The van der Waals surface area contributed by atoms with Gasteiger partial charge >= 0.3 is 0 Å². The zero-order valence-corrected chi connectivity index (χ0v) is 15.0. The van der Waals surface area contributed by atoms with Crippen molar-refractivity contribution in [3.63, 3.8) is 0 Å². The summed E-state index contributed by atoms with van der Waals surface area (Å²) in [6, 6.07) is 0. The zero-order valence-electron chi connectivity index (χ0n) is 15.0. The molecule has 0 saturated carbocycles. The molecule has 3 rings (SSSR count). The number of piperidine rings is 1. The summed E-state index contributed by atoms with van der Waals surface area (Å²) in [6.07, 6.45) is 3.22. The Hall–Kier alpha value is -2.03. The third-order valence-electron chi connectivity index (χ3n) is 5.35. The number of carbonyl (C=O) groups is 2. The number of aromatic nitrogens is 4. The van der Waals surface area contributed by atoms with Crippen molar-refractivity contribution in [3.8, 4) is 0 Å². The lowest BCUT2D eigenvalue weighted by atomic mass is 9.77. The minimum Gasteiger partial charge on any atom is -0.385 e. The Balaban J connectivity index is 1.50. The van der Waals surface area contributed by atoms with E-state index in [0.29, 0.717) is 31.9 Å². The maximum Gasteiger partial charge on any atom is 0.244 e. The van der Waals surface area contributed by atoms with Crippen LogP contribution in [0.4, 0.5) is 0 Å². The second-order valence-corrected chi connectivity index (χ2v) is 7.10. The molecule has 0 atom stereocenters. The second-order valence-electron chi connectivity index (χ2n) is 7.10. The zero-order chi connectivity index (χ0) is 17.9. The molecule has 0 radical (unpaired) electrons. The summed E-state index contributed by atoms with van der Waals surface area (Å²) in [5.74, 6) is 0.904. The first kappa shape index (κ1) is 17.8. The fraction of sp³-hybridized carbons (Fsp3) is 0.812. The van der Waals surface area contributed by atoms with Gasteiger partial charge in [0.05, 0.1) is 0 Å². The second kappa shape index (κ2) is 7.47. The van der Waals surface area contributed by atoms with Gasteiger partial charge in [0, 0.05) is 51.7 Å². The first-order valence-electron chi connectivity index (χ1n) is 8.80. The maximum atomic E-state index is 12.4. The number of aryl methyl sites for hydroxylation is 1. The van der Waals surface area contributed by atoms with Gasteiger partial charge in [-0.3, -0.25) is 9.59 Å². The average Bonchev–Trinajstić information content (AvgIpc) is 3.12. The Bertz CT molecular complexity index is 623. The molecular formula is C16H26N6O3. The maximum absolute atomic E-state index is 12.4. The molecule has 0 aliphatic carbocycles. The van der Waals surface area contributed by atoms with Crippen molar-refractivity contribution in [1.82, 2.24) is 30.0 Å². The van der Waals surface area contributed by atoms with Crippen LogP contribution in [0.2, 0.25) is 0 Å². The van der Waals surface area contributed by atoms with Gasteiger partial charge in [-0.15, -0.1) is 5.10 Å². The fourth-order valence-corrected chi connectivity index (χ4v) is 3.77. The van der Waals surface area contributed by atoms with Crippen LogP contribution >= 0.6 is 0 Å². The van der Waals surface area contributed by atoms with Crippen LogP contribution in [0.5, 0.6) is 0 Å². The van der Waals surface area contributed by atoms with Gasteiger partial charge < -0.3 is 14.5 Å². The standard InChI is InChI=1S/C16H26N6O3/c1-13-17-18-19-22(13)11-15(24)20-7-4-16(5-8-20)10-14(23)21(12-16)6-3-9-25-2/h3-12H2,1-2H3. The summed E-state index contributed by atoms with van der Waals surface area (Å²) in [5, 5.41) is 11.2. The molecule has 9 heteroatoms. The lowest BCUT2D eigenvalue weighted by molar-refractivity contribution is -0.134. The number of likely N-dealkylation sites (tertiary alicyclic amines) is 2. The molecule has 0 N–H and O–H groups in total. The smallest absolute Gasteiger partial charge is 0.244 e. The third-order valence-corrected chi connectivity index (χ3v) is 5.35. The van der Waals surface area contributed by atoms with Crippen LogP contribution in [0.1, 0.15) is 31.5 Å². The number of rotatable bonds is 6. The number of ether oxygens (including phenoxy) is 1. The van der Waals surface area contributed by atoms with Crippen LogP contribution in [0.3, 0.4) is 0 Å². The van der Waals surface area contributed by atoms with E-state index in [-0.39, 0.29) is 23.8 Å². The van der Waals surface area contributed by atoms with Crippen molar-refractivity contribution in [3.05, 3.63) is 5.82 Å². The number of hydrogen-bond acceptors (Lipinski definition) is 6. The number of tetrazole rings is 1. The van der Waals surface area contributed by atoms with E-state index in [1.165, 1.54) is 4.68 Å². The molecule has 2 saturated heterocycles. The Morgan fingerprint density at radius 2 is 2.08 bits per heavy atom. The van der Waals surface area contributed by atoms with Crippen molar-refractivity contribution in [2.45, 2.75) is 39.2 Å². The van der Waals surface area contributed by atoms with Gasteiger partial charge in [-0.2, -0.15) is 0 Å². The third kappa shape index (κ3) is 3.97. The molecule has 25 heavy (non-hydrogen) atoms. The van der Waals surface area contributed by atoms with E-state index >= 15 is 0 Å². The van der Waals surface area contributed by atoms with Gasteiger partial charge in [-0.05, 0) is 36.6 Å². The Kier molecular flexibility index (Phi) is 5.31. The highest BCUT2D eigenvalue weighted by atomic mass is 16.5. The molecule has 1 aromatic rings. The highest BCUT2D eigenvalue weighted by Gasteiger charge is 2.45. The van der Waals surface area contributed by atoms with E-state index in [0.717, 1.165) is 32.4 Å². The molecule has 1 aromatic heterocycles. The van der Waals surface area contributed by atoms with E-state index in [1.807, 2.05) is 9.80 Å². The van der Waals surface area contributed by atoms with Crippen LogP contribution in [0.25, 0.3) is 0 Å². The Labute approximate surface area is 147 Å². The summed E-state index contributed by atoms with van der Waals surface area (Å²) in [7, 11) is 1.68. The van der Waals surface area contributed by atoms with Gasteiger partial charge in [-0.1, -0.05) is 0 Å². The van der Waals surface area contributed by atoms with E-state index in [4.69, 9.17) is 4.74 Å². The Morgan fingerprint density at radius 3 is 2.72 bits per heavy atom. The molecule has 2 aliphatic heterocycles. The van der Waals surface area contributed by atoms with Crippen molar-refractivity contribution in [2.24, 2.45) is 5.41 Å². The number of methoxy groups -OCH3 is 1. The predicted octanol–water partition coefficient (Wildman–Crippen LogP) is -0.141. The lowest BCUT2D eigenvalue weighted by Gasteiger charge is -2.38. The number of carbonyl (C=O) groups excluding carboxylic acids is 2. The molecule has 1 spiro atoms. The summed E-state index contributed by atoms with van der Waals surface area (Å²) < 4.78 is 6.58. The van der Waals surface area contributed by atoms with Crippen LogP contribution in [-0.2, 0) is 20.9 Å². The quantitative estimate of drug-likeness (QED) is 0.663. The van der Waals surface area contributed by atoms with Crippen LogP contribution < -0.4 is 0 Å². The first-order valence-corrected chi connectivity index (χ1v) is 8.80. The minimum atomic E-state index is 0.0334. The van der Waals surface area contributed by atoms with Crippen molar-refractivity contribution >= 4 is 11.8 Å². The normalized spacial score (nSPS) is 19.8. The summed E-state index contributed by atoms with van der Waals surface area (Å²) in [4.78, 5) is 28.6. The topological polar surface area (TPSA) is 93.4 Å². The fourth-order valence-electron chi connectivity index (χ4n) is 3.77. The molecule has 2 fully saturated rings. The van der Waals surface area contributed by atoms with Gasteiger partial charge in [0.25, 0.3) is 0 Å². The van der Waals surface area contributed by atoms with E-state index in [1.54, 1.807) is 14.0 Å². The molecule has 3 heterocycles. The monoisotopic (exact) mass is 350 g/mol. The molecule has 2 amide bonds. The number of hydrogen-bond donors (Lipinski definition) is 0. The molecule has 2 aliphatic rings. The lowest BCUT2D eigenvalue weighted by Crippen LogP contribution is -2.45. The molecule has 9 nitrogen and oxygen atoms in total. The number of nitrogens with zero attached hydrogens (tertiary/aromatic N) is 6. The van der Waals surface area contributed by atoms with Gasteiger partial charge in [0.2, 0.25) is 11.8 Å². The van der Waals surface area contributed by atoms with Crippen LogP contribution in [0.15, 0.2) is 0 Å². The molecular weight excluding hydrogens is 324 g/mol. The average molecular weight is 350 g/mol.